The summed E-state index contributed by atoms with van der Waals surface area (Å²) in [5, 5.41) is 0. The average molecular weight is 282 g/mol. The van der Waals surface area contributed by atoms with Crippen LogP contribution in [0.4, 0.5) is 0 Å². The molecule has 0 amide bonds. The van der Waals surface area contributed by atoms with Crippen LogP contribution in [0.3, 0.4) is 0 Å². The number of rotatable bonds is 3. The van der Waals surface area contributed by atoms with Crippen LogP contribution in [0.2, 0.25) is 0 Å². The summed E-state index contributed by atoms with van der Waals surface area (Å²) in [6, 6.07) is 6.80. The molecule has 4 heteroatoms. The van der Waals surface area contributed by atoms with Crippen molar-refractivity contribution in [3.8, 4) is 0 Å². The summed E-state index contributed by atoms with van der Waals surface area (Å²) in [7, 11) is -3.65. The van der Waals surface area contributed by atoms with Crippen molar-refractivity contribution in [2.24, 2.45) is 11.3 Å². The molecule has 1 aromatic carbocycles. The van der Waals surface area contributed by atoms with Gasteiger partial charge in [-0.3, -0.25) is 4.18 Å². The van der Waals surface area contributed by atoms with Crippen LogP contribution in [-0.2, 0) is 14.3 Å². The summed E-state index contributed by atoms with van der Waals surface area (Å²) < 4.78 is 30.0. The van der Waals surface area contributed by atoms with Crippen molar-refractivity contribution in [2.45, 2.75) is 51.5 Å². The Hall–Kier alpha value is -0.870. The van der Waals surface area contributed by atoms with E-state index in [1.54, 1.807) is 24.3 Å². The SMILES string of the molecule is Cc1ccc(S(=O)(=O)O[C@H]2CCC(C)C2(C)C)cc1. The van der Waals surface area contributed by atoms with Gasteiger partial charge in [-0.15, -0.1) is 0 Å². The predicted molar refractivity (Wildman–Crippen MR) is 75.4 cm³/mol. The second kappa shape index (κ2) is 4.91. The Bertz CT molecular complexity index is 543. The fourth-order valence-electron chi connectivity index (χ4n) is 2.55. The molecule has 0 heterocycles. The highest BCUT2D eigenvalue weighted by molar-refractivity contribution is 7.86. The Morgan fingerprint density at radius 1 is 1.16 bits per heavy atom. The standard InChI is InChI=1S/C15H22O3S/c1-11-5-8-13(9-6-11)19(16,17)18-14-10-7-12(2)15(14,3)4/h5-6,8-9,12,14H,7,10H2,1-4H3/t12?,14-/m0/s1. The molecule has 0 radical (unpaired) electrons. The Labute approximate surface area is 116 Å². The first-order valence-electron chi connectivity index (χ1n) is 6.73. The molecule has 19 heavy (non-hydrogen) atoms. The quantitative estimate of drug-likeness (QED) is 0.797. The molecule has 0 saturated heterocycles. The zero-order valence-corrected chi connectivity index (χ0v) is 12.8. The Balaban J connectivity index is 2.21. The number of hydrogen-bond acceptors (Lipinski definition) is 3. The molecule has 1 unspecified atom stereocenters. The van der Waals surface area contributed by atoms with Crippen molar-refractivity contribution >= 4 is 10.1 Å². The van der Waals surface area contributed by atoms with Crippen LogP contribution < -0.4 is 0 Å². The van der Waals surface area contributed by atoms with Crippen molar-refractivity contribution in [2.75, 3.05) is 0 Å². The molecule has 2 atom stereocenters. The Morgan fingerprint density at radius 2 is 1.74 bits per heavy atom. The highest BCUT2D eigenvalue weighted by Gasteiger charge is 2.43. The van der Waals surface area contributed by atoms with Crippen molar-refractivity contribution in [3.63, 3.8) is 0 Å². The lowest BCUT2D eigenvalue weighted by Crippen LogP contribution is -2.32. The first kappa shape index (κ1) is 14.5. The van der Waals surface area contributed by atoms with Gasteiger partial charge in [0, 0.05) is 0 Å². The molecule has 1 aliphatic carbocycles. The fourth-order valence-corrected chi connectivity index (χ4v) is 3.78. The molecule has 0 bridgehead atoms. The van der Waals surface area contributed by atoms with Crippen molar-refractivity contribution < 1.29 is 12.6 Å². The maximum atomic E-state index is 12.3. The van der Waals surface area contributed by atoms with Gasteiger partial charge < -0.3 is 0 Å². The van der Waals surface area contributed by atoms with Gasteiger partial charge in [-0.2, -0.15) is 8.42 Å². The minimum absolute atomic E-state index is 0.0994. The highest BCUT2D eigenvalue weighted by atomic mass is 32.2. The Kier molecular flexibility index (Phi) is 3.76. The van der Waals surface area contributed by atoms with E-state index in [-0.39, 0.29) is 16.4 Å². The average Bonchev–Trinajstić information content (AvgIpc) is 2.56. The van der Waals surface area contributed by atoms with E-state index in [1.165, 1.54) is 0 Å². The number of benzene rings is 1. The molecule has 3 nitrogen and oxygen atoms in total. The maximum Gasteiger partial charge on any atom is 0.297 e. The summed E-state index contributed by atoms with van der Waals surface area (Å²) >= 11 is 0. The number of aryl methyl sites for hydroxylation is 1. The van der Waals surface area contributed by atoms with Crippen LogP contribution >= 0.6 is 0 Å². The summed E-state index contributed by atoms with van der Waals surface area (Å²) in [4.78, 5) is 0.244. The van der Waals surface area contributed by atoms with Crippen LogP contribution in [0, 0.1) is 18.3 Å². The minimum atomic E-state index is -3.65. The van der Waals surface area contributed by atoms with E-state index in [0.29, 0.717) is 5.92 Å². The second-order valence-corrected chi connectivity index (χ2v) is 7.72. The van der Waals surface area contributed by atoms with Crippen LogP contribution in [0.5, 0.6) is 0 Å². The molecule has 0 aromatic heterocycles. The summed E-state index contributed by atoms with van der Waals surface area (Å²) in [6.45, 7) is 8.25. The zero-order valence-electron chi connectivity index (χ0n) is 12.0. The largest absolute Gasteiger partial charge is 0.297 e. The molecule has 0 N–H and O–H groups in total. The van der Waals surface area contributed by atoms with E-state index in [1.807, 2.05) is 6.92 Å². The van der Waals surface area contributed by atoms with Gasteiger partial charge in [0.2, 0.25) is 0 Å². The van der Waals surface area contributed by atoms with Crippen molar-refractivity contribution in [1.82, 2.24) is 0 Å². The maximum absolute atomic E-state index is 12.3. The van der Waals surface area contributed by atoms with Crippen LogP contribution in [-0.4, -0.2) is 14.5 Å². The third kappa shape index (κ3) is 2.84. The fraction of sp³-hybridized carbons (Fsp3) is 0.600. The lowest BCUT2D eigenvalue weighted by Gasteiger charge is -2.30. The smallest absolute Gasteiger partial charge is 0.262 e. The summed E-state index contributed by atoms with van der Waals surface area (Å²) in [6.07, 6.45) is 1.59. The van der Waals surface area contributed by atoms with Crippen LogP contribution in [0.25, 0.3) is 0 Å². The third-order valence-electron chi connectivity index (χ3n) is 4.51. The third-order valence-corrected chi connectivity index (χ3v) is 5.85. The zero-order chi connectivity index (χ0) is 14.3. The van der Waals surface area contributed by atoms with Crippen LogP contribution in [0.1, 0.15) is 39.2 Å². The molecule has 1 fully saturated rings. The second-order valence-electron chi connectivity index (χ2n) is 6.15. The topological polar surface area (TPSA) is 43.4 Å². The molecule has 1 aromatic rings. The Morgan fingerprint density at radius 3 is 2.21 bits per heavy atom. The molecule has 106 valence electrons. The van der Waals surface area contributed by atoms with E-state index in [9.17, 15) is 8.42 Å². The minimum Gasteiger partial charge on any atom is -0.262 e. The molecule has 1 saturated carbocycles. The highest BCUT2D eigenvalue weighted by Crippen LogP contribution is 2.45. The number of hydrogen-bond donors (Lipinski definition) is 0. The van der Waals surface area contributed by atoms with Crippen molar-refractivity contribution in [1.29, 1.82) is 0 Å². The van der Waals surface area contributed by atoms with E-state index in [2.05, 4.69) is 20.8 Å². The van der Waals surface area contributed by atoms with Crippen molar-refractivity contribution in [3.05, 3.63) is 29.8 Å². The lowest BCUT2D eigenvalue weighted by molar-refractivity contribution is 0.0860. The molecule has 2 rings (SSSR count). The van der Waals surface area contributed by atoms with Gasteiger partial charge in [-0.1, -0.05) is 38.5 Å². The normalized spacial score (nSPS) is 26.5. The lowest BCUT2D eigenvalue weighted by atomic mass is 9.82. The van der Waals surface area contributed by atoms with Gasteiger partial charge in [-0.05, 0) is 43.2 Å². The van der Waals surface area contributed by atoms with Gasteiger partial charge in [0.1, 0.15) is 0 Å². The van der Waals surface area contributed by atoms with Gasteiger partial charge in [-0.25, -0.2) is 0 Å². The van der Waals surface area contributed by atoms with E-state index >= 15 is 0 Å². The molecule has 0 aliphatic heterocycles. The van der Waals surface area contributed by atoms with Crippen LogP contribution in [0.15, 0.2) is 29.2 Å². The first-order valence-corrected chi connectivity index (χ1v) is 8.14. The monoisotopic (exact) mass is 282 g/mol. The van der Waals surface area contributed by atoms with E-state index in [4.69, 9.17) is 4.18 Å². The summed E-state index contributed by atoms with van der Waals surface area (Å²) in [5.74, 6) is 0.478. The summed E-state index contributed by atoms with van der Waals surface area (Å²) in [5.41, 5.74) is 0.936. The molecule has 0 spiro atoms. The van der Waals surface area contributed by atoms with E-state index in [0.717, 1.165) is 18.4 Å². The van der Waals surface area contributed by atoms with E-state index < -0.39 is 10.1 Å². The van der Waals surface area contributed by atoms with Gasteiger partial charge in [0.25, 0.3) is 10.1 Å². The predicted octanol–water partition coefficient (Wildman–Crippen LogP) is 3.53. The molecular weight excluding hydrogens is 260 g/mol. The van der Waals surface area contributed by atoms with Gasteiger partial charge in [0.15, 0.2) is 0 Å². The molecule has 1 aliphatic rings. The molecular formula is C15H22O3S. The first-order chi connectivity index (χ1) is 8.73. The van der Waals surface area contributed by atoms with Gasteiger partial charge in [0.05, 0.1) is 11.0 Å². The van der Waals surface area contributed by atoms with Gasteiger partial charge >= 0.3 is 0 Å².